The van der Waals surface area contributed by atoms with E-state index in [-0.39, 0.29) is 0 Å². The Morgan fingerprint density at radius 2 is 2.22 bits per heavy atom. The lowest BCUT2D eigenvalue weighted by Gasteiger charge is -2.30. The maximum absolute atomic E-state index is 6.07. The SMILES string of the molecule is CC1CN(CC(CN)Cc2cnn(C)c2)c2ccccc2CN1. The monoisotopic (exact) mass is 313 g/mol. The fourth-order valence-corrected chi connectivity index (χ4v) is 3.36. The molecule has 23 heavy (non-hydrogen) atoms. The number of nitrogens with one attached hydrogen (secondary N) is 1. The Labute approximate surface area is 138 Å². The largest absolute Gasteiger partial charge is 0.369 e. The average Bonchev–Trinajstić information content (AvgIpc) is 2.89. The minimum Gasteiger partial charge on any atom is -0.369 e. The number of hydrogen-bond acceptors (Lipinski definition) is 4. The number of para-hydroxylation sites is 1. The molecule has 2 unspecified atom stereocenters. The van der Waals surface area contributed by atoms with Crippen LogP contribution < -0.4 is 16.0 Å². The third kappa shape index (κ3) is 3.92. The number of aromatic nitrogens is 2. The van der Waals surface area contributed by atoms with Gasteiger partial charge in [0.25, 0.3) is 0 Å². The van der Waals surface area contributed by atoms with Gasteiger partial charge in [-0.05, 0) is 43.0 Å². The maximum Gasteiger partial charge on any atom is 0.0521 e. The Bertz CT molecular complexity index is 636. The molecule has 0 spiro atoms. The molecular formula is C18H27N5. The van der Waals surface area contributed by atoms with Crippen LogP contribution in [0.15, 0.2) is 36.7 Å². The number of nitrogens with zero attached hydrogens (tertiary/aromatic N) is 3. The first-order valence-electron chi connectivity index (χ1n) is 8.39. The zero-order chi connectivity index (χ0) is 16.2. The van der Waals surface area contributed by atoms with Gasteiger partial charge in [0.2, 0.25) is 0 Å². The van der Waals surface area contributed by atoms with Crippen LogP contribution in [0.3, 0.4) is 0 Å². The predicted octanol–water partition coefficient (Wildman–Crippen LogP) is 1.54. The second-order valence-corrected chi connectivity index (χ2v) is 6.64. The number of aryl methyl sites for hydroxylation is 1. The van der Waals surface area contributed by atoms with E-state index in [1.165, 1.54) is 16.8 Å². The van der Waals surface area contributed by atoms with E-state index in [1.807, 2.05) is 17.9 Å². The molecule has 0 radical (unpaired) electrons. The van der Waals surface area contributed by atoms with Gasteiger partial charge in [0, 0.05) is 44.6 Å². The minimum atomic E-state index is 0.428. The van der Waals surface area contributed by atoms with Crippen LogP contribution in [0.4, 0.5) is 5.69 Å². The summed E-state index contributed by atoms with van der Waals surface area (Å²) in [6.07, 6.45) is 5.01. The normalized spacial score (nSPS) is 19.3. The number of fused-ring (bicyclic) bond motifs is 1. The first-order valence-corrected chi connectivity index (χ1v) is 8.39. The minimum absolute atomic E-state index is 0.428. The molecule has 1 aliphatic heterocycles. The summed E-state index contributed by atoms with van der Waals surface area (Å²) < 4.78 is 1.86. The van der Waals surface area contributed by atoms with Crippen LogP contribution >= 0.6 is 0 Å². The Morgan fingerprint density at radius 3 is 2.96 bits per heavy atom. The molecule has 0 fully saturated rings. The fourth-order valence-electron chi connectivity index (χ4n) is 3.36. The lowest BCUT2D eigenvalue weighted by molar-refractivity contribution is 0.493. The van der Waals surface area contributed by atoms with Crippen molar-refractivity contribution in [3.63, 3.8) is 0 Å². The van der Waals surface area contributed by atoms with Crippen molar-refractivity contribution in [3.8, 4) is 0 Å². The molecule has 3 rings (SSSR count). The van der Waals surface area contributed by atoms with Crippen LogP contribution in [0.2, 0.25) is 0 Å². The molecule has 1 aromatic carbocycles. The summed E-state index contributed by atoms with van der Waals surface area (Å²) in [6, 6.07) is 9.16. The quantitative estimate of drug-likeness (QED) is 0.879. The standard InChI is InChI=1S/C18H27N5/c1-14-11-23(18-6-4-3-5-17(18)10-20-14)13-15(8-19)7-16-9-21-22(2)12-16/h3-6,9,12,14-15,20H,7-8,10-11,13,19H2,1-2H3. The number of benzene rings is 1. The van der Waals surface area contributed by atoms with Crippen LogP contribution in [-0.2, 0) is 20.0 Å². The van der Waals surface area contributed by atoms with Crippen LogP contribution in [0.25, 0.3) is 0 Å². The van der Waals surface area contributed by atoms with Gasteiger partial charge >= 0.3 is 0 Å². The van der Waals surface area contributed by atoms with Crippen molar-refractivity contribution < 1.29 is 0 Å². The zero-order valence-electron chi connectivity index (χ0n) is 14.1. The molecule has 5 heteroatoms. The van der Waals surface area contributed by atoms with Crippen molar-refractivity contribution in [3.05, 3.63) is 47.8 Å². The van der Waals surface area contributed by atoms with E-state index in [4.69, 9.17) is 5.73 Å². The number of anilines is 1. The highest BCUT2D eigenvalue weighted by atomic mass is 15.2. The number of rotatable bonds is 5. The summed E-state index contributed by atoms with van der Waals surface area (Å²) in [5.41, 5.74) is 10.0. The molecule has 1 aromatic heterocycles. The van der Waals surface area contributed by atoms with Crippen molar-refractivity contribution in [1.29, 1.82) is 0 Å². The molecule has 0 aliphatic carbocycles. The number of nitrogens with two attached hydrogens (primary N) is 1. The van der Waals surface area contributed by atoms with E-state index in [1.54, 1.807) is 0 Å². The van der Waals surface area contributed by atoms with Crippen molar-refractivity contribution in [2.75, 3.05) is 24.5 Å². The fraction of sp³-hybridized carbons (Fsp3) is 0.500. The summed E-state index contributed by atoms with van der Waals surface area (Å²) in [6.45, 7) is 5.87. The lowest BCUT2D eigenvalue weighted by atomic mass is 10.00. The van der Waals surface area contributed by atoms with Crippen molar-refractivity contribution in [1.82, 2.24) is 15.1 Å². The molecule has 0 saturated carbocycles. The van der Waals surface area contributed by atoms with Gasteiger partial charge in [-0.2, -0.15) is 5.10 Å². The highest BCUT2D eigenvalue weighted by molar-refractivity contribution is 5.54. The second kappa shape index (κ2) is 7.15. The highest BCUT2D eigenvalue weighted by Crippen LogP contribution is 2.24. The van der Waals surface area contributed by atoms with E-state index in [0.29, 0.717) is 18.5 Å². The van der Waals surface area contributed by atoms with Gasteiger partial charge < -0.3 is 16.0 Å². The summed E-state index contributed by atoms with van der Waals surface area (Å²) in [5.74, 6) is 0.428. The van der Waals surface area contributed by atoms with Gasteiger partial charge in [0.1, 0.15) is 0 Å². The first kappa shape index (κ1) is 16.0. The molecule has 0 bridgehead atoms. The van der Waals surface area contributed by atoms with Crippen molar-refractivity contribution in [2.45, 2.75) is 25.9 Å². The molecular weight excluding hydrogens is 286 g/mol. The first-order chi connectivity index (χ1) is 11.2. The molecule has 2 aromatic rings. The van der Waals surface area contributed by atoms with Crippen LogP contribution in [-0.4, -0.2) is 35.5 Å². The van der Waals surface area contributed by atoms with Gasteiger partial charge in [0.05, 0.1) is 6.20 Å². The summed E-state index contributed by atoms with van der Waals surface area (Å²) in [5, 5.41) is 7.85. The summed E-state index contributed by atoms with van der Waals surface area (Å²) in [4.78, 5) is 2.49. The Kier molecular flexibility index (Phi) is 4.98. The van der Waals surface area contributed by atoms with Gasteiger partial charge in [-0.15, -0.1) is 0 Å². The van der Waals surface area contributed by atoms with E-state index >= 15 is 0 Å². The van der Waals surface area contributed by atoms with Gasteiger partial charge in [-0.3, -0.25) is 4.68 Å². The van der Waals surface area contributed by atoms with E-state index in [2.05, 4.69) is 52.7 Å². The van der Waals surface area contributed by atoms with E-state index < -0.39 is 0 Å². The zero-order valence-corrected chi connectivity index (χ0v) is 14.1. The molecule has 1 aliphatic rings. The second-order valence-electron chi connectivity index (χ2n) is 6.64. The molecule has 124 valence electrons. The third-order valence-electron chi connectivity index (χ3n) is 4.56. The molecule has 0 saturated heterocycles. The lowest BCUT2D eigenvalue weighted by Crippen LogP contribution is -2.40. The van der Waals surface area contributed by atoms with E-state index in [9.17, 15) is 0 Å². The smallest absolute Gasteiger partial charge is 0.0521 e. The van der Waals surface area contributed by atoms with Gasteiger partial charge in [0.15, 0.2) is 0 Å². The predicted molar refractivity (Wildman–Crippen MR) is 94.4 cm³/mol. The van der Waals surface area contributed by atoms with Gasteiger partial charge in [-0.1, -0.05) is 18.2 Å². The molecule has 5 nitrogen and oxygen atoms in total. The van der Waals surface area contributed by atoms with Crippen molar-refractivity contribution in [2.24, 2.45) is 18.7 Å². The summed E-state index contributed by atoms with van der Waals surface area (Å²) >= 11 is 0. The van der Waals surface area contributed by atoms with Crippen molar-refractivity contribution >= 4 is 5.69 Å². The van der Waals surface area contributed by atoms with Crippen LogP contribution in [0.1, 0.15) is 18.1 Å². The molecule has 0 amide bonds. The Morgan fingerprint density at radius 1 is 1.39 bits per heavy atom. The average molecular weight is 313 g/mol. The Balaban J connectivity index is 1.76. The summed E-state index contributed by atoms with van der Waals surface area (Å²) in [7, 11) is 1.96. The molecule has 2 heterocycles. The molecule has 3 N–H and O–H groups in total. The van der Waals surface area contributed by atoms with Gasteiger partial charge in [-0.25, -0.2) is 0 Å². The number of hydrogen-bond donors (Lipinski definition) is 2. The third-order valence-corrected chi connectivity index (χ3v) is 4.56. The van der Waals surface area contributed by atoms with Crippen LogP contribution in [0, 0.1) is 5.92 Å². The Hall–Kier alpha value is -1.85. The topological polar surface area (TPSA) is 59.1 Å². The molecule has 2 atom stereocenters. The van der Waals surface area contributed by atoms with Crippen LogP contribution in [0.5, 0.6) is 0 Å². The highest BCUT2D eigenvalue weighted by Gasteiger charge is 2.21. The van der Waals surface area contributed by atoms with E-state index in [0.717, 1.165) is 26.1 Å². The maximum atomic E-state index is 6.07.